The summed E-state index contributed by atoms with van der Waals surface area (Å²) in [5.41, 5.74) is 2.67. The number of benzene rings is 2. The molecule has 2 aromatic heterocycles. The summed E-state index contributed by atoms with van der Waals surface area (Å²) < 4.78 is 1.05. The summed E-state index contributed by atoms with van der Waals surface area (Å²) in [6.07, 6.45) is 0. The van der Waals surface area contributed by atoms with E-state index in [0.717, 1.165) is 21.2 Å². The number of rotatable bonds is 5. The molecule has 0 aliphatic carbocycles. The van der Waals surface area contributed by atoms with Crippen LogP contribution < -0.4 is 10.9 Å². The van der Waals surface area contributed by atoms with E-state index in [4.69, 9.17) is 11.6 Å². The Kier molecular flexibility index (Phi) is 5.64. The zero-order chi connectivity index (χ0) is 19.7. The lowest BCUT2D eigenvalue weighted by Crippen LogP contribution is -2.22. The van der Waals surface area contributed by atoms with Gasteiger partial charge in [0, 0.05) is 32.0 Å². The standard InChI is InChI=1S/C21H17BrClN3OS/c1-12(13-6-2-4-8-16(13)22)24-10-18-25-20(27)19-15(11-28-21(19)26-18)14-7-3-5-9-17(14)23/h2-9,11-12,24H,10H2,1H3,(H,25,26,27)/t12-/m0/s1. The Morgan fingerprint density at radius 1 is 1.18 bits per heavy atom. The predicted molar refractivity (Wildman–Crippen MR) is 120 cm³/mol. The molecule has 0 saturated carbocycles. The molecule has 2 aromatic carbocycles. The second kappa shape index (κ2) is 8.17. The Hall–Kier alpha value is -1.99. The topological polar surface area (TPSA) is 57.8 Å². The first kappa shape index (κ1) is 19.3. The number of H-pyrrole nitrogens is 1. The number of thiophene rings is 1. The lowest BCUT2D eigenvalue weighted by atomic mass is 10.1. The molecule has 0 spiro atoms. The molecule has 0 fully saturated rings. The third kappa shape index (κ3) is 3.78. The quantitative estimate of drug-likeness (QED) is 0.377. The summed E-state index contributed by atoms with van der Waals surface area (Å²) in [7, 11) is 0. The van der Waals surface area contributed by atoms with E-state index in [1.165, 1.54) is 11.3 Å². The van der Waals surface area contributed by atoms with Crippen molar-refractivity contribution in [3.05, 3.63) is 85.1 Å². The van der Waals surface area contributed by atoms with Crippen molar-refractivity contribution in [1.82, 2.24) is 15.3 Å². The van der Waals surface area contributed by atoms with Gasteiger partial charge in [0.15, 0.2) is 0 Å². The smallest absolute Gasteiger partial charge is 0.260 e. The molecule has 2 N–H and O–H groups in total. The van der Waals surface area contributed by atoms with Gasteiger partial charge in [0.1, 0.15) is 10.7 Å². The van der Waals surface area contributed by atoms with Gasteiger partial charge in [0.25, 0.3) is 5.56 Å². The third-order valence-electron chi connectivity index (χ3n) is 4.60. The van der Waals surface area contributed by atoms with Gasteiger partial charge in [-0.1, -0.05) is 63.9 Å². The number of aromatic amines is 1. The maximum Gasteiger partial charge on any atom is 0.260 e. The van der Waals surface area contributed by atoms with Gasteiger partial charge in [0.2, 0.25) is 0 Å². The van der Waals surface area contributed by atoms with Crippen molar-refractivity contribution in [2.75, 3.05) is 0 Å². The lowest BCUT2D eigenvalue weighted by molar-refractivity contribution is 0.558. The highest BCUT2D eigenvalue weighted by molar-refractivity contribution is 9.10. The summed E-state index contributed by atoms with van der Waals surface area (Å²) in [5.74, 6) is 0.615. The van der Waals surface area contributed by atoms with Gasteiger partial charge in [-0.3, -0.25) is 4.79 Å². The number of aromatic nitrogens is 2. The molecule has 0 bridgehead atoms. The van der Waals surface area contributed by atoms with Crippen LogP contribution in [0.15, 0.2) is 63.2 Å². The maximum atomic E-state index is 12.8. The normalized spacial score (nSPS) is 12.4. The molecular weight excluding hydrogens is 458 g/mol. The average molecular weight is 475 g/mol. The molecule has 28 heavy (non-hydrogen) atoms. The van der Waals surface area contributed by atoms with Crippen LogP contribution in [0.25, 0.3) is 21.3 Å². The summed E-state index contributed by atoms with van der Waals surface area (Å²) >= 11 is 11.3. The summed E-state index contributed by atoms with van der Waals surface area (Å²) in [4.78, 5) is 21.0. The minimum Gasteiger partial charge on any atom is -0.309 e. The van der Waals surface area contributed by atoms with Crippen LogP contribution in [-0.4, -0.2) is 9.97 Å². The fourth-order valence-corrected chi connectivity index (χ4v) is 4.96. The van der Waals surface area contributed by atoms with Crippen LogP contribution in [0.4, 0.5) is 0 Å². The fraction of sp³-hybridized carbons (Fsp3) is 0.143. The molecule has 7 heteroatoms. The SMILES string of the molecule is C[C@H](NCc1nc2scc(-c3ccccc3Cl)c2c(=O)[nH]1)c1ccccc1Br. The Bertz CT molecular complexity index is 1200. The number of hydrogen-bond acceptors (Lipinski definition) is 4. The van der Waals surface area contributed by atoms with E-state index < -0.39 is 0 Å². The second-order valence-corrected chi connectivity index (χ2v) is 8.57. The van der Waals surface area contributed by atoms with Crippen molar-refractivity contribution >= 4 is 49.1 Å². The highest BCUT2D eigenvalue weighted by atomic mass is 79.9. The van der Waals surface area contributed by atoms with Crippen molar-refractivity contribution < 1.29 is 0 Å². The monoisotopic (exact) mass is 473 g/mol. The van der Waals surface area contributed by atoms with Crippen molar-refractivity contribution in [3.63, 3.8) is 0 Å². The van der Waals surface area contributed by atoms with E-state index in [1.807, 2.05) is 47.8 Å². The molecule has 0 unspecified atom stereocenters. The number of hydrogen-bond donors (Lipinski definition) is 2. The molecule has 142 valence electrons. The van der Waals surface area contributed by atoms with Gasteiger partial charge < -0.3 is 10.3 Å². The fourth-order valence-electron chi connectivity index (χ4n) is 3.14. The molecule has 4 aromatic rings. The van der Waals surface area contributed by atoms with Crippen LogP contribution in [0.3, 0.4) is 0 Å². The minimum atomic E-state index is -0.147. The first-order valence-electron chi connectivity index (χ1n) is 8.77. The van der Waals surface area contributed by atoms with Crippen LogP contribution in [0.2, 0.25) is 5.02 Å². The Balaban J connectivity index is 1.62. The first-order chi connectivity index (χ1) is 13.5. The third-order valence-corrected chi connectivity index (χ3v) is 6.53. The maximum absolute atomic E-state index is 12.8. The van der Waals surface area contributed by atoms with Crippen LogP contribution in [0, 0.1) is 0 Å². The van der Waals surface area contributed by atoms with Gasteiger partial charge in [-0.05, 0) is 24.6 Å². The summed E-state index contributed by atoms with van der Waals surface area (Å²) in [5, 5.41) is 6.56. The highest BCUT2D eigenvalue weighted by Gasteiger charge is 2.15. The zero-order valence-corrected chi connectivity index (χ0v) is 18.2. The van der Waals surface area contributed by atoms with Gasteiger partial charge in [0.05, 0.1) is 11.9 Å². The summed E-state index contributed by atoms with van der Waals surface area (Å²) in [6, 6.07) is 15.7. The van der Waals surface area contributed by atoms with E-state index in [0.29, 0.717) is 27.6 Å². The summed E-state index contributed by atoms with van der Waals surface area (Å²) in [6.45, 7) is 2.55. The van der Waals surface area contributed by atoms with Gasteiger partial charge >= 0.3 is 0 Å². The predicted octanol–water partition coefficient (Wildman–Crippen LogP) is 5.92. The largest absolute Gasteiger partial charge is 0.309 e. The molecule has 0 aliphatic heterocycles. The van der Waals surface area contributed by atoms with Gasteiger partial charge in [-0.25, -0.2) is 4.98 Å². The molecule has 4 nitrogen and oxygen atoms in total. The molecule has 0 aliphatic rings. The molecule has 1 atom stereocenters. The number of halogens is 2. The van der Waals surface area contributed by atoms with E-state index in [9.17, 15) is 4.79 Å². The molecular formula is C21H17BrClN3OS. The van der Waals surface area contributed by atoms with Crippen molar-refractivity contribution in [1.29, 1.82) is 0 Å². The van der Waals surface area contributed by atoms with Crippen LogP contribution in [0.1, 0.15) is 24.4 Å². The van der Waals surface area contributed by atoms with Crippen LogP contribution in [0.5, 0.6) is 0 Å². The van der Waals surface area contributed by atoms with Gasteiger partial charge in [-0.15, -0.1) is 11.3 Å². The molecule has 2 heterocycles. The second-order valence-electron chi connectivity index (χ2n) is 6.45. The molecule has 0 amide bonds. The Morgan fingerprint density at radius 3 is 2.71 bits per heavy atom. The van der Waals surface area contributed by atoms with E-state index in [2.05, 4.69) is 44.2 Å². The van der Waals surface area contributed by atoms with Crippen LogP contribution >= 0.6 is 38.9 Å². The average Bonchev–Trinajstić information content (AvgIpc) is 3.11. The zero-order valence-electron chi connectivity index (χ0n) is 15.0. The Morgan fingerprint density at radius 2 is 1.93 bits per heavy atom. The highest BCUT2D eigenvalue weighted by Crippen LogP contribution is 2.34. The van der Waals surface area contributed by atoms with Gasteiger partial charge in [-0.2, -0.15) is 0 Å². The van der Waals surface area contributed by atoms with Crippen LogP contribution in [-0.2, 0) is 6.54 Å². The van der Waals surface area contributed by atoms with Crippen molar-refractivity contribution in [3.8, 4) is 11.1 Å². The minimum absolute atomic E-state index is 0.110. The van der Waals surface area contributed by atoms with E-state index in [-0.39, 0.29) is 11.6 Å². The number of fused-ring (bicyclic) bond motifs is 1. The van der Waals surface area contributed by atoms with Crippen molar-refractivity contribution in [2.45, 2.75) is 19.5 Å². The lowest BCUT2D eigenvalue weighted by Gasteiger charge is -2.15. The number of nitrogens with one attached hydrogen (secondary N) is 2. The molecule has 0 radical (unpaired) electrons. The Labute approximate surface area is 179 Å². The van der Waals surface area contributed by atoms with Crippen molar-refractivity contribution in [2.24, 2.45) is 0 Å². The van der Waals surface area contributed by atoms with E-state index >= 15 is 0 Å². The van der Waals surface area contributed by atoms with E-state index in [1.54, 1.807) is 0 Å². The number of nitrogens with zero attached hydrogens (tertiary/aromatic N) is 1. The molecule has 4 rings (SSSR count). The first-order valence-corrected chi connectivity index (χ1v) is 10.8. The molecule has 0 saturated heterocycles.